The van der Waals surface area contributed by atoms with Crippen LogP contribution in [0.5, 0.6) is 0 Å². The number of aromatic nitrogens is 2. The Kier molecular flexibility index (Phi) is 3.85. The van der Waals surface area contributed by atoms with E-state index in [0.717, 1.165) is 32.4 Å². The molecule has 6 heteroatoms. The molecule has 0 aromatic carbocycles. The number of amides is 1. The number of likely N-dealkylation sites (tertiary alicyclic amines) is 1. The molecule has 0 radical (unpaired) electrons. The summed E-state index contributed by atoms with van der Waals surface area (Å²) in [6.07, 6.45) is 6.74. The summed E-state index contributed by atoms with van der Waals surface area (Å²) in [5, 5.41) is 2.74. The van der Waals surface area contributed by atoms with Gasteiger partial charge in [0.2, 0.25) is 11.7 Å². The van der Waals surface area contributed by atoms with Crippen molar-refractivity contribution in [2.24, 2.45) is 5.18 Å². The van der Waals surface area contributed by atoms with Crippen molar-refractivity contribution in [2.45, 2.75) is 32.2 Å². The van der Waals surface area contributed by atoms with E-state index in [2.05, 4.69) is 10.2 Å². The van der Waals surface area contributed by atoms with Crippen LogP contribution in [0.25, 0.3) is 0 Å². The van der Waals surface area contributed by atoms with Crippen molar-refractivity contribution < 1.29 is 4.79 Å². The molecule has 1 fully saturated rings. The first-order valence-electron chi connectivity index (χ1n) is 5.92. The Bertz CT molecular complexity index is 396. The monoisotopic (exact) mass is 236 g/mol. The molecule has 0 N–H and O–H groups in total. The summed E-state index contributed by atoms with van der Waals surface area (Å²) in [7, 11) is 0. The first-order chi connectivity index (χ1) is 8.29. The lowest BCUT2D eigenvalue weighted by Crippen LogP contribution is -2.27. The highest BCUT2D eigenvalue weighted by Gasteiger charge is 2.16. The summed E-state index contributed by atoms with van der Waals surface area (Å²) < 4.78 is 1.79. The molecule has 0 saturated carbocycles. The van der Waals surface area contributed by atoms with Crippen LogP contribution in [0.3, 0.4) is 0 Å². The number of carbonyl (C=O) groups is 1. The zero-order valence-electron chi connectivity index (χ0n) is 9.71. The Morgan fingerprint density at radius 1 is 1.41 bits per heavy atom. The fraction of sp³-hybridized carbons (Fsp3) is 0.636. The maximum atomic E-state index is 11.7. The molecule has 1 aliphatic heterocycles. The molecule has 0 atom stereocenters. The molecule has 0 aliphatic carbocycles. The molecule has 1 aromatic rings. The molecule has 1 saturated heterocycles. The fourth-order valence-electron chi connectivity index (χ4n) is 2.06. The molecule has 2 heterocycles. The van der Waals surface area contributed by atoms with Gasteiger partial charge in [0.15, 0.2) is 0 Å². The molecule has 1 aliphatic rings. The van der Waals surface area contributed by atoms with E-state index in [1.807, 2.05) is 4.90 Å². The smallest absolute Gasteiger partial charge is 0.222 e. The predicted octanol–water partition coefficient (Wildman–Crippen LogP) is 1.68. The van der Waals surface area contributed by atoms with E-state index in [-0.39, 0.29) is 11.7 Å². The number of imidazole rings is 1. The van der Waals surface area contributed by atoms with E-state index in [1.165, 1.54) is 0 Å². The van der Waals surface area contributed by atoms with Gasteiger partial charge in [0.1, 0.15) is 0 Å². The summed E-state index contributed by atoms with van der Waals surface area (Å²) in [6, 6.07) is 0. The first-order valence-corrected chi connectivity index (χ1v) is 5.92. The number of carbonyl (C=O) groups excluding carboxylic acids is 1. The topological polar surface area (TPSA) is 67.6 Å². The lowest BCUT2D eigenvalue weighted by Gasteiger charge is -2.14. The van der Waals surface area contributed by atoms with Crippen LogP contribution in [0.4, 0.5) is 5.82 Å². The number of aryl methyl sites for hydroxylation is 1. The van der Waals surface area contributed by atoms with Crippen LogP contribution in [0.1, 0.15) is 25.7 Å². The SMILES string of the molecule is O=Nc1cn(CCCC(=O)N2CCCC2)cn1. The molecule has 92 valence electrons. The molecular formula is C11H16N4O2. The summed E-state index contributed by atoms with van der Waals surface area (Å²) in [4.78, 5) is 27.6. The largest absolute Gasteiger partial charge is 0.343 e. The van der Waals surface area contributed by atoms with E-state index in [4.69, 9.17) is 0 Å². The lowest BCUT2D eigenvalue weighted by atomic mass is 10.3. The van der Waals surface area contributed by atoms with Crippen molar-refractivity contribution in [3.63, 3.8) is 0 Å². The van der Waals surface area contributed by atoms with Gasteiger partial charge < -0.3 is 9.47 Å². The van der Waals surface area contributed by atoms with Gasteiger partial charge in [-0.1, -0.05) is 0 Å². The highest BCUT2D eigenvalue weighted by molar-refractivity contribution is 5.76. The average Bonchev–Trinajstić information content (AvgIpc) is 3.00. The molecule has 0 bridgehead atoms. The molecular weight excluding hydrogens is 220 g/mol. The van der Waals surface area contributed by atoms with Gasteiger partial charge in [-0.15, -0.1) is 4.91 Å². The van der Waals surface area contributed by atoms with Gasteiger partial charge in [0.05, 0.1) is 12.5 Å². The highest BCUT2D eigenvalue weighted by Crippen LogP contribution is 2.11. The van der Waals surface area contributed by atoms with Crippen LogP contribution >= 0.6 is 0 Å². The van der Waals surface area contributed by atoms with Gasteiger partial charge in [-0.05, 0) is 24.4 Å². The molecule has 6 nitrogen and oxygen atoms in total. The Balaban J connectivity index is 1.71. The van der Waals surface area contributed by atoms with Gasteiger partial charge in [0.25, 0.3) is 0 Å². The maximum Gasteiger partial charge on any atom is 0.222 e. The first kappa shape index (κ1) is 11.8. The zero-order chi connectivity index (χ0) is 12.1. The van der Waals surface area contributed by atoms with E-state index in [1.54, 1.807) is 17.1 Å². The molecule has 0 unspecified atom stereocenters. The summed E-state index contributed by atoms with van der Waals surface area (Å²) >= 11 is 0. The number of hydrogen-bond donors (Lipinski definition) is 0. The van der Waals surface area contributed by atoms with Gasteiger partial charge >= 0.3 is 0 Å². The Morgan fingerprint density at radius 2 is 2.18 bits per heavy atom. The van der Waals surface area contributed by atoms with Crippen LogP contribution in [0.2, 0.25) is 0 Å². The van der Waals surface area contributed by atoms with E-state index in [0.29, 0.717) is 13.0 Å². The van der Waals surface area contributed by atoms with Crippen molar-refractivity contribution in [2.75, 3.05) is 13.1 Å². The second-order valence-corrected chi connectivity index (χ2v) is 4.25. The number of nitrogens with zero attached hydrogens (tertiary/aromatic N) is 4. The summed E-state index contributed by atoms with van der Waals surface area (Å²) in [5.41, 5.74) is 0. The van der Waals surface area contributed by atoms with E-state index in [9.17, 15) is 9.70 Å². The van der Waals surface area contributed by atoms with Crippen molar-refractivity contribution in [1.29, 1.82) is 0 Å². The Morgan fingerprint density at radius 3 is 2.82 bits per heavy atom. The van der Waals surface area contributed by atoms with Gasteiger partial charge in [-0.25, -0.2) is 4.98 Å². The van der Waals surface area contributed by atoms with Crippen molar-refractivity contribution >= 4 is 11.7 Å². The van der Waals surface area contributed by atoms with Crippen LogP contribution in [0, 0.1) is 4.91 Å². The quantitative estimate of drug-likeness (QED) is 0.730. The van der Waals surface area contributed by atoms with Gasteiger partial charge in [-0.3, -0.25) is 4.79 Å². The minimum Gasteiger partial charge on any atom is -0.343 e. The van der Waals surface area contributed by atoms with Crippen molar-refractivity contribution in [1.82, 2.24) is 14.5 Å². The standard InChI is InChI=1S/C11H16N4O2/c16-11(15-6-1-2-7-15)4-3-5-14-8-10(13-17)12-9-14/h8-9H,1-7H2. The van der Waals surface area contributed by atoms with Gasteiger partial charge in [-0.2, -0.15) is 0 Å². The van der Waals surface area contributed by atoms with Crippen molar-refractivity contribution in [3.05, 3.63) is 17.4 Å². The number of nitroso groups, excluding NO2 is 1. The van der Waals surface area contributed by atoms with Gasteiger partial charge in [0, 0.05) is 26.1 Å². The van der Waals surface area contributed by atoms with Crippen LogP contribution in [-0.2, 0) is 11.3 Å². The molecule has 1 aromatic heterocycles. The highest BCUT2D eigenvalue weighted by atomic mass is 16.3. The lowest BCUT2D eigenvalue weighted by molar-refractivity contribution is -0.130. The molecule has 17 heavy (non-hydrogen) atoms. The van der Waals surface area contributed by atoms with E-state index >= 15 is 0 Å². The third kappa shape index (κ3) is 3.12. The third-order valence-electron chi connectivity index (χ3n) is 2.98. The van der Waals surface area contributed by atoms with Crippen LogP contribution in [-0.4, -0.2) is 33.4 Å². The van der Waals surface area contributed by atoms with Crippen LogP contribution in [0.15, 0.2) is 17.7 Å². The Labute approximate surface area is 99.6 Å². The normalized spacial score (nSPS) is 15.2. The fourth-order valence-corrected chi connectivity index (χ4v) is 2.06. The minimum absolute atomic E-state index is 0.191. The maximum absolute atomic E-state index is 11.7. The average molecular weight is 236 g/mol. The second kappa shape index (κ2) is 5.56. The number of hydrogen-bond acceptors (Lipinski definition) is 4. The molecule has 1 amide bonds. The van der Waals surface area contributed by atoms with E-state index < -0.39 is 0 Å². The molecule has 2 rings (SSSR count). The van der Waals surface area contributed by atoms with Crippen molar-refractivity contribution in [3.8, 4) is 0 Å². The summed E-state index contributed by atoms with van der Waals surface area (Å²) in [6.45, 7) is 2.51. The predicted molar refractivity (Wildman–Crippen MR) is 62.7 cm³/mol. The number of rotatable bonds is 5. The second-order valence-electron chi connectivity index (χ2n) is 4.25. The third-order valence-corrected chi connectivity index (χ3v) is 2.98. The summed E-state index contributed by atoms with van der Waals surface area (Å²) in [5.74, 6) is 0.423. The zero-order valence-corrected chi connectivity index (χ0v) is 9.71. The van der Waals surface area contributed by atoms with Crippen LogP contribution < -0.4 is 0 Å². The molecule has 0 spiro atoms. The Hall–Kier alpha value is -1.72. The minimum atomic E-state index is 0.191.